The molecule has 0 saturated carbocycles. The minimum Gasteiger partial charge on any atom is -0.494 e. The second kappa shape index (κ2) is 8.85. The number of benzene rings is 2. The molecule has 2 aromatic carbocycles. The van der Waals surface area contributed by atoms with Crippen molar-refractivity contribution in [3.05, 3.63) is 83.7 Å². The first-order valence-electron chi connectivity index (χ1n) is 8.82. The van der Waals surface area contributed by atoms with Gasteiger partial charge in [0.15, 0.2) is 0 Å². The highest BCUT2D eigenvalue weighted by atomic mass is 16.5. The molecule has 138 valence electrons. The lowest BCUT2D eigenvalue weighted by atomic mass is 10.1. The van der Waals surface area contributed by atoms with Gasteiger partial charge >= 0.3 is 0 Å². The first-order valence-corrected chi connectivity index (χ1v) is 8.82. The van der Waals surface area contributed by atoms with Gasteiger partial charge in [0.25, 0.3) is 5.91 Å². The molecule has 0 radical (unpaired) electrons. The van der Waals surface area contributed by atoms with Gasteiger partial charge in [0, 0.05) is 29.2 Å². The van der Waals surface area contributed by atoms with Crippen molar-refractivity contribution >= 4 is 11.6 Å². The van der Waals surface area contributed by atoms with Gasteiger partial charge in [-0.3, -0.25) is 9.78 Å². The number of hydrogen-bond acceptors (Lipinski definition) is 4. The van der Waals surface area contributed by atoms with Crippen LogP contribution in [0.25, 0.3) is 0 Å². The lowest BCUT2D eigenvalue weighted by Gasteiger charge is -2.10. The lowest BCUT2D eigenvalue weighted by Crippen LogP contribution is -2.12. The highest BCUT2D eigenvalue weighted by molar-refractivity contribution is 6.04. The molecule has 0 aliphatic rings. The first-order chi connectivity index (χ1) is 13.2. The summed E-state index contributed by atoms with van der Waals surface area (Å²) in [4.78, 5) is 16.5. The van der Waals surface area contributed by atoms with E-state index in [1.54, 1.807) is 18.5 Å². The molecule has 0 saturated heterocycles. The van der Waals surface area contributed by atoms with Crippen molar-refractivity contribution in [1.29, 1.82) is 0 Å². The third kappa shape index (κ3) is 5.07. The van der Waals surface area contributed by atoms with Crippen molar-refractivity contribution < 1.29 is 14.3 Å². The van der Waals surface area contributed by atoms with Gasteiger partial charge in [-0.2, -0.15) is 0 Å². The Bertz CT molecular complexity index is 893. The van der Waals surface area contributed by atoms with Crippen LogP contribution in [-0.2, 0) is 6.61 Å². The van der Waals surface area contributed by atoms with E-state index in [4.69, 9.17) is 9.47 Å². The number of nitrogens with zero attached hydrogens (tertiary/aromatic N) is 1. The third-order valence-electron chi connectivity index (χ3n) is 3.98. The van der Waals surface area contributed by atoms with Crippen LogP contribution in [-0.4, -0.2) is 17.5 Å². The Hall–Kier alpha value is -3.34. The molecule has 1 amide bonds. The largest absolute Gasteiger partial charge is 0.494 e. The summed E-state index contributed by atoms with van der Waals surface area (Å²) in [7, 11) is 0. The zero-order valence-corrected chi connectivity index (χ0v) is 15.4. The monoisotopic (exact) mass is 362 g/mol. The zero-order valence-electron chi connectivity index (χ0n) is 15.4. The topological polar surface area (TPSA) is 60.5 Å². The van der Waals surface area contributed by atoms with E-state index in [-0.39, 0.29) is 5.91 Å². The Kier molecular flexibility index (Phi) is 6.05. The summed E-state index contributed by atoms with van der Waals surface area (Å²) < 4.78 is 11.2. The maximum atomic E-state index is 12.4. The molecule has 0 aliphatic carbocycles. The second-order valence-electron chi connectivity index (χ2n) is 6.04. The van der Waals surface area contributed by atoms with Gasteiger partial charge in [0.1, 0.15) is 18.1 Å². The predicted molar refractivity (Wildman–Crippen MR) is 105 cm³/mol. The smallest absolute Gasteiger partial charge is 0.255 e. The Morgan fingerprint density at radius 1 is 1.07 bits per heavy atom. The van der Waals surface area contributed by atoms with E-state index in [2.05, 4.69) is 10.3 Å². The van der Waals surface area contributed by atoms with Gasteiger partial charge in [-0.1, -0.05) is 6.07 Å². The van der Waals surface area contributed by atoms with Crippen molar-refractivity contribution in [1.82, 2.24) is 4.98 Å². The number of hydrogen-bond donors (Lipinski definition) is 1. The molecule has 0 unspecified atom stereocenters. The Labute approximate surface area is 159 Å². The number of anilines is 1. The molecule has 3 rings (SSSR count). The van der Waals surface area contributed by atoms with Gasteiger partial charge < -0.3 is 14.8 Å². The van der Waals surface area contributed by atoms with E-state index in [9.17, 15) is 4.79 Å². The number of amides is 1. The molecule has 1 aromatic heterocycles. The average Bonchev–Trinajstić information content (AvgIpc) is 2.70. The number of carbonyl (C=O) groups excluding carboxylic acids is 1. The van der Waals surface area contributed by atoms with E-state index in [0.29, 0.717) is 24.5 Å². The average molecular weight is 362 g/mol. The second-order valence-corrected chi connectivity index (χ2v) is 6.04. The summed E-state index contributed by atoms with van der Waals surface area (Å²) >= 11 is 0. The molecule has 0 spiro atoms. The Morgan fingerprint density at radius 2 is 1.89 bits per heavy atom. The van der Waals surface area contributed by atoms with Crippen LogP contribution in [0.2, 0.25) is 0 Å². The lowest BCUT2D eigenvalue weighted by molar-refractivity contribution is 0.102. The number of aryl methyl sites for hydroxylation is 1. The summed E-state index contributed by atoms with van der Waals surface area (Å²) in [6.45, 7) is 4.91. The summed E-state index contributed by atoms with van der Waals surface area (Å²) in [6, 6.07) is 16.5. The summed E-state index contributed by atoms with van der Waals surface area (Å²) in [5.41, 5.74) is 3.23. The van der Waals surface area contributed by atoms with Gasteiger partial charge in [-0.25, -0.2) is 0 Å². The number of carbonyl (C=O) groups is 1. The third-order valence-corrected chi connectivity index (χ3v) is 3.98. The number of rotatable bonds is 7. The van der Waals surface area contributed by atoms with Crippen molar-refractivity contribution in [2.75, 3.05) is 11.9 Å². The Balaban J connectivity index is 1.59. The van der Waals surface area contributed by atoms with Crippen LogP contribution >= 0.6 is 0 Å². The number of pyridine rings is 1. The van der Waals surface area contributed by atoms with E-state index in [1.807, 2.05) is 62.4 Å². The highest BCUT2D eigenvalue weighted by Gasteiger charge is 2.09. The van der Waals surface area contributed by atoms with Crippen LogP contribution in [0, 0.1) is 6.92 Å². The molecule has 3 aromatic rings. The fourth-order valence-electron chi connectivity index (χ4n) is 2.60. The summed E-state index contributed by atoms with van der Waals surface area (Å²) in [6.07, 6.45) is 3.50. The fraction of sp³-hybridized carbons (Fsp3) is 0.182. The molecular weight excluding hydrogens is 340 g/mol. The van der Waals surface area contributed by atoms with Crippen molar-refractivity contribution in [3.8, 4) is 11.5 Å². The highest BCUT2D eigenvalue weighted by Crippen LogP contribution is 2.21. The normalized spacial score (nSPS) is 10.3. The van der Waals surface area contributed by atoms with E-state index in [1.165, 1.54) is 0 Å². The van der Waals surface area contributed by atoms with Crippen LogP contribution < -0.4 is 14.8 Å². The van der Waals surface area contributed by atoms with E-state index in [0.717, 1.165) is 22.6 Å². The minimum absolute atomic E-state index is 0.162. The van der Waals surface area contributed by atoms with Crippen molar-refractivity contribution in [2.45, 2.75) is 20.5 Å². The molecule has 0 fully saturated rings. The molecule has 5 heteroatoms. The maximum Gasteiger partial charge on any atom is 0.255 e. The maximum absolute atomic E-state index is 12.4. The van der Waals surface area contributed by atoms with Gasteiger partial charge in [-0.15, -0.1) is 0 Å². The standard InChI is InChI=1S/C22H22N2O3/c1-3-26-21-11-6-18(13-16(21)2)22(25)24-19-7-9-20(10-8-19)27-15-17-5-4-12-23-14-17/h4-14H,3,15H2,1-2H3,(H,24,25). The van der Waals surface area contributed by atoms with Crippen LogP contribution in [0.3, 0.4) is 0 Å². The zero-order chi connectivity index (χ0) is 19.1. The molecule has 1 heterocycles. The van der Waals surface area contributed by atoms with Gasteiger partial charge in [0.05, 0.1) is 6.61 Å². The fourth-order valence-corrected chi connectivity index (χ4v) is 2.60. The molecule has 0 bridgehead atoms. The molecular formula is C22H22N2O3. The summed E-state index contributed by atoms with van der Waals surface area (Å²) in [5, 5.41) is 2.89. The molecule has 1 N–H and O–H groups in total. The number of ether oxygens (including phenoxy) is 2. The van der Waals surface area contributed by atoms with Gasteiger partial charge in [-0.05, 0) is 67.9 Å². The van der Waals surface area contributed by atoms with Crippen LogP contribution in [0.4, 0.5) is 5.69 Å². The number of aromatic nitrogens is 1. The summed E-state index contributed by atoms with van der Waals surface area (Å²) in [5.74, 6) is 1.36. The molecule has 0 aliphatic heterocycles. The number of nitrogens with one attached hydrogen (secondary N) is 1. The van der Waals surface area contributed by atoms with Crippen LogP contribution in [0.1, 0.15) is 28.4 Å². The van der Waals surface area contributed by atoms with Crippen LogP contribution in [0.5, 0.6) is 11.5 Å². The van der Waals surface area contributed by atoms with Gasteiger partial charge in [0.2, 0.25) is 0 Å². The predicted octanol–water partition coefficient (Wildman–Crippen LogP) is 4.62. The molecule has 0 atom stereocenters. The Morgan fingerprint density at radius 3 is 2.56 bits per heavy atom. The van der Waals surface area contributed by atoms with E-state index >= 15 is 0 Å². The SMILES string of the molecule is CCOc1ccc(C(=O)Nc2ccc(OCc3cccnc3)cc2)cc1C. The van der Waals surface area contributed by atoms with E-state index < -0.39 is 0 Å². The minimum atomic E-state index is -0.162. The van der Waals surface area contributed by atoms with Crippen molar-refractivity contribution in [3.63, 3.8) is 0 Å². The molecule has 5 nitrogen and oxygen atoms in total. The first kappa shape index (κ1) is 18.5. The quantitative estimate of drug-likeness (QED) is 0.666. The van der Waals surface area contributed by atoms with Crippen LogP contribution in [0.15, 0.2) is 67.0 Å². The molecule has 27 heavy (non-hydrogen) atoms. The van der Waals surface area contributed by atoms with Crippen molar-refractivity contribution in [2.24, 2.45) is 0 Å².